The molecular weight excluding hydrogens is 485 g/mol. The first-order chi connectivity index (χ1) is 15.6. The van der Waals surface area contributed by atoms with Gasteiger partial charge < -0.3 is 15.1 Å². The quantitative estimate of drug-likeness (QED) is 0.367. The van der Waals surface area contributed by atoms with Crippen molar-refractivity contribution in [1.82, 2.24) is 10.2 Å². The van der Waals surface area contributed by atoms with Crippen LogP contribution in [0.15, 0.2) is 35.5 Å². The molecule has 2 aromatic rings. The zero-order valence-electron chi connectivity index (χ0n) is 16.8. The average Bonchev–Trinajstić information content (AvgIpc) is 3.39. The minimum atomic E-state index is -4.89. The monoisotopic (exact) mass is 499 g/mol. The second-order valence-corrected chi connectivity index (χ2v) is 8.39. The van der Waals surface area contributed by atoms with Gasteiger partial charge in [0, 0.05) is 24.2 Å². The largest absolute Gasteiger partial charge is 0.435 e. The number of amides is 1. The number of amidine groups is 1. The van der Waals surface area contributed by atoms with Gasteiger partial charge in [-0.05, 0) is 35.4 Å². The highest BCUT2D eigenvalue weighted by atomic mass is 35.5. The molecule has 1 unspecified atom stereocenters. The first kappa shape index (κ1) is 23.2. The molecule has 0 aliphatic carbocycles. The fourth-order valence-corrected chi connectivity index (χ4v) is 4.29. The van der Waals surface area contributed by atoms with Crippen LogP contribution in [-0.4, -0.2) is 29.4 Å². The lowest BCUT2D eigenvalue weighted by Crippen LogP contribution is -2.44. The van der Waals surface area contributed by atoms with Crippen molar-refractivity contribution in [2.45, 2.75) is 31.3 Å². The van der Waals surface area contributed by atoms with E-state index in [1.807, 2.05) is 0 Å². The van der Waals surface area contributed by atoms with Crippen LogP contribution in [0.3, 0.4) is 0 Å². The highest BCUT2D eigenvalue weighted by Gasteiger charge is 2.63. The summed E-state index contributed by atoms with van der Waals surface area (Å²) in [6.07, 6.45) is -0.404. The molecule has 1 N–H and O–H groups in total. The summed E-state index contributed by atoms with van der Waals surface area (Å²) in [5.74, 6) is 0.995. The number of carbonyl (C=O) groups excluding carboxylic acids is 1. The summed E-state index contributed by atoms with van der Waals surface area (Å²) in [4.78, 5) is 18.7. The number of rotatable bonds is 3. The molecule has 0 spiro atoms. The van der Waals surface area contributed by atoms with E-state index in [2.05, 4.69) is 16.4 Å². The molecule has 4 rings (SSSR count). The molecular formula is C22H15Cl2F4N3O2. The van der Waals surface area contributed by atoms with Gasteiger partial charge in [0.05, 0.1) is 23.0 Å². The first-order valence-corrected chi connectivity index (χ1v) is 10.4. The number of benzene rings is 2. The molecule has 33 heavy (non-hydrogen) atoms. The van der Waals surface area contributed by atoms with Crippen LogP contribution in [-0.2, 0) is 23.5 Å². The van der Waals surface area contributed by atoms with E-state index in [4.69, 9.17) is 34.5 Å². The number of fused-ring (bicyclic) bond motifs is 1. The third-order valence-electron chi connectivity index (χ3n) is 5.53. The second-order valence-electron chi connectivity index (χ2n) is 7.58. The smallest absolute Gasteiger partial charge is 0.372 e. The van der Waals surface area contributed by atoms with Gasteiger partial charge >= 0.3 is 6.18 Å². The van der Waals surface area contributed by atoms with Gasteiger partial charge in [0.2, 0.25) is 0 Å². The summed E-state index contributed by atoms with van der Waals surface area (Å²) in [7, 11) is 0. The molecule has 0 bridgehead atoms. The molecule has 0 radical (unpaired) electrons. The van der Waals surface area contributed by atoms with E-state index in [1.165, 1.54) is 0 Å². The van der Waals surface area contributed by atoms with Gasteiger partial charge in [-0.15, -0.1) is 6.42 Å². The molecule has 11 heteroatoms. The van der Waals surface area contributed by atoms with E-state index in [9.17, 15) is 22.4 Å². The summed E-state index contributed by atoms with van der Waals surface area (Å²) in [5, 5.41) is 5.17. The van der Waals surface area contributed by atoms with Crippen LogP contribution in [0.2, 0.25) is 10.0 Å². The molecule has 2 aromatic carbocycles. The molecule has 2 aliphatic rings. The fraction of sp³-hybridized carbons (Fsp3) is 0.273. The van der Waals surface area contributed by atoms with E-state index < -0.39 is 39.6 Å². The Labute approximate surface area is 196 Å². The Morgan fingerprint density at radius 3 is 2.52 bits per heavy atom. The minimum Gasteiger partial charge on any atom is -0.372 e. The van der Waals surface area contributed by atoms with Crippen LogP contribution in [0.4, 0.5) is 17.6 Å². The number of hydrogen-bond donors (Lipinski definition) is 1. The Hall–Kier alpha value is -2.96. The molecule has 1 atom stereocenters. The van der Waals surface area contributed by atoms with E-state index in [-0.39, 0.29) is 31.4 Å². The van der Waals surface area contributed by atoms with Crippen LogP contribution in [0, 0.1) is 18.2 Å². The van der Waals surface area contributed by atoms with Crippen molar-refractivity contribution < 1.29 is 27.2 Å². The summed E-state index contributed by atoms with van der Waals surface area (Å²) in [6, 6.07) is 6.69. The Bertz CT molecular complexity index is 1190. The maximum atomic E-state index is 14.2. The third-order valence-corrected chi connectivity index (χ3v) is 6.08. The molecule has 1 amide bonds. The number of hydrogen-bond acceptors (Lipinski definition) is 4. The van der Waals surface area contributed by atoms with Crippen LogP contribution in [0.25, 0.3) is 0 Å². The van der Waals surface area contributed by atoms with Crippen molar-refractivity contribution in [1.29, 1.82) is 0 Å². The lowest BCUT2D eigenvalue weighted by Gasteiger charge is -2.30. The van der Waals surface area contributed by atoms with Gasteiger partial charge in [-0.1, -0.05) is 40.3 Å². The second kappa shape index (κ2) is 8.43. The summed E-state index contributed by atoms with van der Waals surface area (Å²) >= 11 is 11.5. The molecule has 0 fully saturated rings. The molecule has 0 aromatic heterocycles. The SMILES string of the molecule is C#CCNC(=O)c1ccc2c(c1)CN(C1=NOC(c3cc(Cl)c(F)c(Cl)c3)(C(F)(F)F)C1)C2. The van der Waals surface area contributed by atoms with E-state index in [0.29, 0.717) is 5.56 Å². The summed E-state index contributed by atoms with van der Waals surface area (Å²) < 4.78 is 56.3. The zero-order chi connectivity index (χ0) is 24.0. The molecule has 2 heterocycles. The van der Waals surface area contributed by atoms with E-state index in [1.54, 1.807) is 23.1 Å². The van der Waals surface area contributed by atoms with Gasteiger partial charge in [0.1, 0.15) is 5.84 Å². The van der Waals surface area contributed by atoms with Crippen LogP contribution in [0.1, 0.15) is 33.5 Å². The van der Waals surface area contributed by atoms with Crippen molar-refractivity contribution in [3.8, 4) is 12.3 Å². The van der Waals surface area contributed by atoms with Crippen LogP contribution >= 0.6 is 23.2 Å². The zero-order valence-corrected chi connectivity index (χ0v) is 18.3. The molecule has 2 aliphatic heterocycles. The van der Waals surface area contributed by atoms with Gasteiger partial charge in [-0.2, -0.15) is 13.2 Å². The van der Waals surface area contributed by atoms with E-state index >= 15 is 0 Å². The number of carbonyl (C=O) groups is 1. The van der Waals surface area contributed by atoms with Crippen molar-refractivity contribution in [2.24, 2.45) is 5.16 Å². The predicted molar refractivity (Wildman–Crippen MR) is 114 cm³/mol. The van der Waals surface area contributed by atoms with Gasteiger partial charge in [0.25, 0.3) is 11.5 Å². The number of nitrogens with one attached hydrogen (secondary N) is 1. The number of alkyl halides is 3. The minimum absolute atomic E-state index is 0.0541. The van der Waals surface area contributed by atoms with Crippen LogP contribution in [0.5, 0.6) is 0 Å². The van der Waals surface area contributed by atoms with Crippen molar-refractivity contribution in [2.75, 3.05) is 6.54 Å². The van der Waals surface area contributed by atoms with E-state index in [0.717, 1.165) is 23.3 Å². The highest BCUT2D eigenvalue weighted by molar-refractivity contribution is 6.35. The van der Waals surface area contributed by atoms with Gasteiger partial charge in [0.15, 0.2) is 5.82 Å². The maximum absolute atomic E-state index is 14.2. The van der Waals surface area contributed by atoms with Gasteiger partial charge in [-0.25, -0.2) is 4.39 Å². The highest BCUT2D eigenvalue weighted by Crippen LogP contribution is 2.50. The normalized spacial score (nSPS) is 19.5. The topological polar surface area (TPSA) is 53.9 Å². The van der Waals surface area contributed by atoms with Crippen LogP contribution < -0.4 is 5.32 Å². The van der Waals surface area contributed by atoms with Gasteiger partial charge in [-0.3, -0.25) is 4.79 Å². The molecule has 0 saturated carbocycles. The lowest BCUT2D eigenvalue weighted by molar-refractivity contribution is -0.275. The predicted octanol–water partition coefficient (Wildman–Crippen LogP) is 5.00. The fourth-order valence-electron chi connectivity index (χ4n) is 3.80. The average molecular weight is 500 g/mol. The molecule has 0 saturated heterocycles. The number of oxime groups is 1. The Balaban J connectivity index is 1.58. The number of halogens is 6. The Morgan fingerprint density at radius 2 is 1.88 bits per heavy atom. The molecule has 5 nitrogen and oxygen atoms in total. The molecule has 172 valence electrons. The van der Waals surface area contributed by atoms with Crippen molar-refractivity contribution in [3.63, 3.8) is 0 Å². The maximum Gasteiger partial charge on any atom is 0.435 e. The Morgan fingerprint density at radius 1 is 1.21 bits per heavy atom. The van der Waals surface area contributed by atoms with Crippen molar-refractivity contribution in [3.05, 3.63) is 68.4 Å². The standard InChI is InChI=1S/C22H15Cl2F4N3O2/c1-2-5-29-20(32)12-3-4-13-10-31(11-14(13)6-12)18-9-21(33-30-18,22(26,27)28)15-7-16(23)19(25)17(24)8-15/h1,3-4,6-8H,5,9-11H2,(H,29,32). The summed E-state index contributed by atoms with van der Waals surface area (Å²) in [5.41, 5.74) is -1.32. The van der Waals surface area contributed by atoms with Crippen molar-refractivity contribution >= 4 is 34.9 Å². The Kier molecular flexibility index (Phi) is 5.93. The first-order valence-electron chi connectivity index (χ1n) is 9.61. The third kappa shape index (κ3) is 4.09. The summed E-state index contributed by atoms with van der Waals surface area (Å²) in [6.45, 7) is 0.586. The lowest BCUT2D eigenvalue weighted by atomic mass is 9.89. The number of terminal acetylenes is 1. The number of nitrogens with zero attached hydrogens (tertiary/aromatic N) is 2.